The molecule has 0 heterocycles. The highest BCUT2D eigenvalue weighted by Crippen LogP contribution is 2.18. The molecule has 2 aromatic carbocycles. The molecule has 4 nitrogen and oxygen atoms in total. The van der Waals surface area contributed by atoms with Crippen molar-refractivity contribution in [2.24, 2.45) is 0 Å². The number of esters is 1. The lowest BCUT2D eigenvalue weighted by atomic mass is 10.1. The number of anilines is 1. The Labute approximate surface area is 162 Å². The van der Waals surface area contributed by atoms with Gasteiger partial charge in [0.25, 0.3) is 5.91 Å². The summed E-state index contributed by atoms with van der Waals surface area (Å²) in [6, 6.07) is 16.2. The summed E-state index contributed by atoms with van der Waals surface area (Å²) >= 11 is 0. The predicted molar refractivity (Wildman–Crippen MR) is 109 cm³/mol. The molecule has 0 aliphatic rings. The number of carbonyl (C=O) groups excluding carboxylic acids is 2. The van der Waals surface area contributed by atoms with Gasteiger partial charge in [-0.15, -0.1) is 0 Å². The van der Waals surface area contributed by atoms with Crippen LogP contribution < -0.4 is 4.90 Å². The molecule has 0 N–H and O–H groups in total. The Morgan fingerprint density at radius 1 is 0.815 bits per heavy atom. The zero-order chi connectivity index (χ0) is 19.5. The van der Waals surface area contributed by atoms with Gasteiger partial charge in [0.15, 0.2) is 0 Å². The monoisotopic (exact) mass is 367 g/mol. The first-order chi connectivity index (χ1) is 13.1. The van der Waals surface area contributed by atoms with E-state index < -0.39 is 5.97 Å². The second-order valence-electron chi connectivity index (χ2n) is 6.65. The van der Waals surface area contributed by atoms with E-state index in [-0.39, 0.29) is 5.91 Å². The molecule has 144 valence electrons. The fraction of sp³-hybridized carbons (Fsp3) is 0.391. The average Bonchev–Trinajstić information content (AvgIpc) is 2.72. The van der Waals surface area contributed by atoms with E-state index in [1.54, 1.807) is 36.2 Å². The Morgan fingerprint density at radius 2 is 1.41 bits per heavy atom. The summed E-state index contributed by atoms with van der Waals surface area (Å²) in [5, 5.41) is 0. The summed E-state index contributed by atoms with van der Waals surface area (Å²) in [5.41, 5.74) is 1.45. The van der Waals surface area contributed by atoms with Crippen molar-refractivity contribution in [1.29, 1.82) is 0 Å². The van der Waals surface area contributed by atoms with Crippen molar-refractivity contribution < 1.29 is 14.3 Å². The van der Waals surface area contributed by atoms with Gasteiger partial charge >= 0.3 is 5.97 Å². The summed E-state index contributed by atoms with van der Waals surface area (Å²) < 4.78 is 5.40. The number of carbonyl (C=O) groups is 2. The largest absolute Gasteiger partial charge is 0.462 e. The van der Waals surface area contributed by atoms with Crippen LogP contribution in [0.5, 0.6) is 0 Å². The molecule has 27 heavy (non-hydrogen) atoms. The van der Waals surface area contributed by atoms with Crippen molar-refractivity contribution in [3.8, 4) is 0 Å². The van der Waals surface area contributed by atoms with Gasteiger partial charge in [0.05, 0.1) is 17.7 Å². The van der Waals surface area contributed by atoms with Crippen LogP contribution in [0.1, 0.15) is 66.2 Å². The molecule has 0 bridgehead atoms. The molecule has 0 spiro atoms. The van der Waals surface area contributed by atoms with Gasteiger partial charge in [-0.3, -0.25) is 4.79 Å². The highest BCUT2D eigenvalue weighted by atomic mass is 16.5. The SMILES string of the molecule is CCCCCCCCOC(=O)c1ccccc1C(=O)N(C)c1ccccc1. The van der Waals surface area contributed by atoms with Gasteiger partial charge < -0.3 is 9.64 Å². The van der Waals surface area contributed by atoms with Crippen LogP contribution in [0, 0.1) is 0 Å². The first-order valence-electron chi connectivity index (χ1n) is 9.74. The van der Waals surface area contributed by atoms with Crippen molar-refractivity contribution in [1.82, 2.24) is 0 Å². The minimum Gasteiger partial charge on any atom is -0.462 e. The number of amides is 1. The van der Waals surface area contributed by atoms with Gasteiger partial charge in [-0.2, -0.15) is 0 Å². The number of unbranched alkanes of at least 4 members (excludes halogenated alkanes) is 5. The molecule has 0 fully saturated rings. The quantitative estimate of drug-likeness (QED) is 0.412. The number of para-hydroxylation sites is 1. The minimum absolute atomic E-state index is 0.228. The van der Waals surface area contributed by atoms with E-state index >= 15 is 0 Å². The van der Waals surface area contributed by atoms with Crippen LogP contribution in [0.25, 0.3) is 0 Å². The van der Waals surface area contributed by atoms with E-state index in [4.69, 9.17) is 4.74 Å². The van der Waals surface area contributed by atoms with Gasteiger partial charge in [0, 0.05) is 12.7 Å². The molecule has 0 aliphatic heterocycles. The van der Waals surface area contributed by atoms with Crippen molar-refractivity contribution >= 4 is 17.6 Å². The normalized spacial score (nSPS) is 10.4. The van der Waals surface area contributed by atoms with Crippen LogP contribution >= 0.6 is 0 Å². The van der Waals surface area contributed by atoms with Gasteiger partial charge in [0.2, 0.25) is 0 Å². The molecular formula is C23H29NO3. The Bertz CT molecular complexity index is 727. The Balaban J connectivity index is 1.96. The third kappa shape index (κ3) is 6.24. The molecule has 0 radical (unpaired) electrons. The molecule has 1 amide bonds. The van der Waals surface area contributed by atoms with Gasteiger partial charge in [-0.25, -0.2) is 4.79 Å². The highest BCUT2D eigenvalue weighted by Gasteiger charge is 2.21. The molecule has 0 saturated carbocycles. The van der Waals surface area contributed by atoms with E-state index in [9.17, 15) is 9.59 Å². The maximum Gasteiger partial charge on any atom is 0.338 e. The van der Waals surface area contributed by atoms with Crippen molar-refractivity contribution in [2.45, 2.75) is 45.4 Å². The maximum atomic E-state index is 12.9. The second kappa shape index (κ2) is 11.2. The fourth-order valence-electron chi connectivity index (χ4n) is 2.92. The van der Waals surface area contributed by atoms with Crippen LogP contribution in [0.3, 0.4) is 0 Å². The van der Waals surface area contributed by atoms with E-state index in [2.05, 4.69) is 6.92 Å². The van der Waals surface area contributed by atoms with Crippen LogP contribution in [0.4, 0.5) is 5.69 Å². The predicted octanol–water partition coefficient (Wildman–Crippen LogP) is 5.48. The summed E-state index contributed by atoms with van der Waals surface area (Å²) in [7, 11) is 1.70. The van der Waals surface area contributed by atoms with Crippen molar-refractivity contribution in [2.75, 3.05) is 18.6 Å². The lowest BCUT2D eigenvalue weighted by molar-refractivity contribution is 0.0494. The zero-order valence-electron chi connectivity index (χ0n) is 16.3. The van der Waals surface area contributed by atoms with Crippen molar-refractivity contribution in [3.05, 3.63) is 65.7 Å². The van der Waals surface area contributed by atoms with E-state index in [1.807, 2.05) is 30.3 Å². The van der Waals surface area contributed by atoms with Gasteiger partial charge in [0.1, 0.15) is 0 Å². The lowest BCUT2D eigenvalue weighted by Gasteiger charge is -2.18. The summed E-state index contributed by atoms with van der Waals surface area (Å²) in [6.45, 7) is 2.58. The minimum atomic E-state index is -0.436. The number of nitrogens with zero attached hydrogens (tertiary/aromatic N) is 1. The van der Waals surface area contributed by atoms with E-state index in [0.29, 0.717) is 17.7 Å². The molecule has 4 heteroatoms. The Hall–Kier alpha value is -2.62. The maximum absolute atomic E-state index is 12.9. The molecule has 0 atom stereocenters. The number of hydrogen-bond acceptors (Lipinski definition) is 3. The van der Waals surface area contributed by atoms with E-state index in [1.165, 1.54) is 25.7 Å². The fourth-order valence-corrected chi connectivity index (χ4v) is 2.92. The standard InChI is InChI=1S/C23H29NO3/c1-3-4-5-6-7-13-18-27-23(26)21-17-12-11-16-20(21)22(25)24(2)19-14-9-8-10-15-19/h8-12,14-17H,3-7,13,18H2,1-2H3. The number of benzene rings is 2. The van der Waals surface area contributed by atoms with Crippen LogP contribution in [-0.2, 0) is 4.74 Å². The first-order valence-corrected chi connectivity index (χ1v) is 9.74. The van der Waals surface area contributed by atoms with Crippen LogP contribution in [0.2, 0.25) is 0 Å². The molecular weight excluding hydrogens is 338 g/mol. The topological polar surface area (TPSA) is 46.6 Å². The van der Waals surface area contributed by atoms with Gasteiger partial charge in [-0.05, 0) is 30.7 Å². The molecule has 0 aromatic heterocycles. The summed E-state index contributed by atoms with van der Waals surface area (Å²) in [4.78, 5) is 26.9. The second-order valence-corrected chi connectivity index (χ2v) is 6.65. The number of ether oxygens (including phenoxy) is 1. The summed E-state index contributed by atoms with van der Waals surface area (Å²) in [5.74, 6) is -0.665. The molecule has 0 unspecified atom stereocenters. The van der Waals surface area contributed by atoms with E-state index in [0.717, 1.165) is 18.5 Å². The Kier molecular flexibility index (Phi) is 8.56. The highest BCUT2D eigenvalue weighted by molar-refractivity contribution is 6.11. The molecule has 2 rings (SSSR count). The van der Waals surface area contributed by atoms with Crippen LogP contribution in [0.15, 0.2) is 54.6 Å². The Morgan fingerprint density at radius 3 is 2.11 bits per heavy atom. The molecule has 0 saturated heterocycles. The van der Waals surface area contributed by atoms with Crippen LogP contribution in [-0.4, -0.2) is 25.5 Å². The smallest absolute Gasteiger partial charge is 0.338 e. The third-order valence-electron chi connectivity index (χ3n) is 4.56. The number of hydrogen-bond donors (Lipinski definition) is 0. The molecule has 2 aromatic rings. The zero-order valence-corrected chi connectivity index (χ0v) is 16.3. The third-order valence-corrected chi connectivity index (χ3v) is 4.56. The average molecular weight is 367 g/mol. The summed E-state index contributed by atoms with van der Waals surface area (Å²) in [6.07, 6.45) is 6.79. The first kappa shape index (κ1) is 20.7. The lowest BCUT2D eigenvalue weighted by Crippen LogP contribution is -2.28. The van der Waals surface area contributed by atoms with Gasteiger partial charge in [-0.1, -0.05) is 69.4 Å². The molecule has 0 aliphatic carbocycles. The number of rotatable bonds is 10. The van der Waals surface area contributed by atoms with Crippen molar-refractivity contribution in [3.63, 3.8) is 0 Å².